The Morgan fingerprint density at radius 2 is 1.89 bits per heavy atom. The highest BCUT2D eigenvalue weighted by Crippen LogP contribution is 2.58. The van der Waals surface area contributed by atoms with Crippen LogP contribution in [-0.4, -0.2) is 37.0 Å². The average Bonchev–Trinajstić information content (AvgIpc) is 2.99. The number of hydrogen-bond donors (Lipinski definition) is 3. The summed E-state index contributed by atoms with van der Waals surface area (Å²) >= 11 is 0. The minimum absolute atomic E-state index is 0.0472. The van der Waals surface area contributed by atoms with E-state index in [0.717, 1.165) is 32.4 Å². The van der Waals surface area contributed by atoms with E-state index in [0.29, 0.717) is 0 Å². The predicted octanol–water partition coefficient (Wildman–Crippen LogP) is 0.407. The quantitative estimate of drug-likeness (QED) is 0.693. The summed E-state index contributed by atoms with van der Waals surface area (Å²) in [4.78, 5) is 23.7. The van der Waals surface area contributed by atoms with Crippen molar-refractivity contribution in [2.75, 3.05) is 19.6 Å². The number of carbonyl (C=O) groups is 2. The Morgan fingerprint density at radius 1 is 1.26 bits per heavy atom. The minimum Gasteiger partial charge on any atom is -0.350 e. The van der Waals surface area contributed by atoms with Gasteiger partial charge in [0.15, 0.2) is 0 Å². The van der Waals surface area contributed by atoms with Crippen molar-refractivity contribution in [2.24, 2.45) is 11.3 Å². The first-order chi connectivity index (χ1) is 8.82. The third kappa shape index (κ3) is 3.69. The molecule has 1 unspecified atom stereocenters. The first-order valence-electron chi connectivity index (χ1n) is 7.12. The molecule has 2 fully saturated rings. The number of carbonyl (C=O) groups excluding carboxylic acids is 2. The molecule has 1 aliphatic heterocycles. The van der Waals surface area contributed by atoms with Gasteiger partial charge in [0.1, 0.15) is 0 Å². The van der Waals surface area contributed by atoms with Crippen LogP contribution in [0.3, 0.4) is 0 Å². The Hall–Kier alpha value is -1.10. The maximum Gasteiger partial charge on any atom is 0.239 e. The van der Waals surface area contributed by atoms with E-state index in [4.69, 9.17) is 0 Å². The lowest BCUT2D eigenvalue weighted by Crippen LogP contribution is -2.46. The number of piperidine rings is 1. The molecule has 5 heteroatoms. The molecule has 2 aliphatic rings. The van der Waals surface area contributed by atoms with Crippen LogP contribution < -0.4 is 16.0 Å². The molecule has 1 spiro atoms. The van der Waals surface area contributed by atoms with Gasteiger partial charge in [-0.1, -0.05) is 0 Å². The second-order valence-electron chi connectivity index (χ2n) is 6.89. The van der Waals surface area contributed by atoms with Gasteiger partial charge in [-0.2, -0.15) is 0 Å². The zero-order valence-electron chi connectivity index (χ0n) is 12.1. The maximum absolute atomic E-state index is 12.0. The fourth-order valence-electron chi connectivity index (χ4n) is 2.95. The van der Waals surface area contributed by atoms with Crippen molar-refractivity contribution in [1.29, 1.82) is 0 Å². The summed E-state index contributed by atoms with van der Waals surface area (Å²) in [6.45, 7) is 7.89. The van der Waals surface area contributed by atoms with Crippen molar-refractivity contribution in [2.45, 2.75) is 45.6 Å². The monoisotopic (exact) mass is 267 g/mol. The third-order valence-electron chi connectivity index (χ3n) is 4.04. The summed E-state index contributed by atoms with van der Waals surface area (Å²) in [5.41, 5.74) is -0.0203. The van der Waals surface area contributed by atoms with Gasteiger partial charge in [0.05, 0.1) is 6.54 Å². The fraction of sp³-hybridized carbons (Fsp3) is 0.857. The van der Waals surface area contributed by atoms with Crippen LogP contribution in [0.4, 0.5) is 0 Å². The molecule has 2 rings (SSSR count). The summed E-state index contributed by atoms with van der Waals surface area (Å²) < 4.78 is 0. The third-order valence-corrected chi connectivity index (χ3v) is 4.04. The van der Waals surface area contributed by atoms with E-state index in [9.17, 15) is 9.59 Å². The minimum atomic E-state index is -0.252. The lowest BCUT2D eigenvalue weighted by Gasteiger charge is -2.23. The van der Waals surface area contributed by atoms with Gasteiger partial charge in [-0.25, -0.2) is 0 Å². The largest absolute Gasteiger partial charge is 0.350 e. The number of rotatable bonds is 3. The van der Waals surface area contributed by atoms with Crippen molar-refractivity contribution in [1.82, 2.24) is 16.0 Å². The maximum atomic E-state index is 12.0. The molecule has 19 heavy (non-hydrogen) atoms. The van der Waals surface area contributed by atoms with Gasteiger partial charge in [0.25, 0.3) is 0 Å². The SMILES string of the molecule is CC(C)(C)NC(=O)CNC(=O)C1CC12CCNCC2. The molecular weight excluding hydrogens is 242 g/mol. The molecule has 108 valence electrons. The summed E-state index contributed by atoms with van der Waals surface area (Å²) in [5, 5.41) is 8.93. The van der Waals surface area contributed by atoms with Gasteiger partial charge < -0.3 is 16.0 Å². The second-order valence-corrected chi connectivity index (χ2v) is 6.89. The van der Waals surface area contributed by atoms with Gasteiger partial charge in [-0.15, -0.1) is 0 Å². The highest BCUT2D eigenvalue weighted by molar-refractivity contribution is 5.88. The smallest absolute Gasteiger partial charge is 0.239 e. The van der Waals surface area contributed by atoms with Crippen molar-refractivity contribution in [3.63, 3.8) is 0 Å². The van der Waals surface area contributed by atoms with Crippen molar-refractivity contribution in [3.8, 4) is 0 Å². The van der Waals surface area contributed by atoms with Crippen molar-refractivity contribution in [3.05, 3.63) is 0 Å². The highest BCUT2D eigenvalue weighted by atomic mass is 16.2. The van der Waals surface area contributed by atoms with E-state index in [-0.39, 0.29) is 35.2 Å². The number of amides is 2. The average molecular weight is 267 g/mol. The summed E-state index contributed by atoms with van der Waals surface area (Å²) in [6.07, 6.45) is 3.15. The zero-order chi connectivity index (χ0) is 14.1. The first kappa shape index (κ1) is 14.3. The Kier molecular flexibility index (Phi) is 3.85. The second kappa shape index (κ2) is 5.12. The molecule has 1 aliphatic carbocycles. The molecule has 0 radical (unpaired) electrons. The molecule has 1 saturated heterocycles. The predicted molar refractivity (Wildman–Crippen MR) is 73.5 cm³/mol. The topological polar surface area (TPSA) is 70.2 Å². The molecule has 0 aromatic rings. The fourth-order valence-corrected chi connectivity index (χ4v) is 2.95. The van der Waals surface area contributed by atoms with E-state index in [1.165, 1.54) is 0 Å². The van der Waals surface area contributed by atoms with E-state index in [2.05, 4.69) is 16.0 Å². The highest BCUT2D eigenvalue weighted by Gasteiger charge is 2.57. The summed E-state index contributed by atoms with van der Waals surface area (Å²) in [7, 11) is 0. The molecule has 1 atom stereocenters. The van der Waals surface area contributed by atoms with Crippen LogP contribution in [0, 0.1) is 11.3 Å². The molecule has 2 amide bonds. The van der Waals surface area contributed by atoms with Crippen molar-refractivity contribution < 1.29 is 9.59 Å². The van der Waals surface area contributed by atoms with Gasteiger partial charge in [0, 0.05) is 11.5 Å². The van der Waals surface area contributed by atoms with E-state index >= 15 is 0 Å². The van der Waals surface area contributed by atoms with Gasteiger partial charge in [0.2, 0.25) is 11.8 Å². The van der Waals surface area contributed by atoms with Gasteiger partial charge in [-0.3, -0.25) is 9.59 Å². The Morgan fingerprint density at radius 3 is 2.47 bits per heavy atom. The standard InChI is InChI=1S/C14H25N3O2/c1-13(2,3)17-11(18)9-16-12(19)10-8-14(10)4-6-15-7-5-14/h10,15H,4-9H2,1-3H3,(H,16,19)(H,17,18). The summed E-state index contributed by atoms with van der Waals surface area (Å²) in [6, 6.07) is 0. The molecule has 1 saturated carbocycles. The van der Waals surface area contributed by atoms with E-state index in [1.54, 1.807) is 0 Å². The Bertz CT molecular complexity index is 367. The van der Waals surface area contributed by atoms with Gasteiger partial charge >= 0.3 is 0 Å². The normalized spacial score (nSPS) is 24.9. The first-order valence-corrected chi connectivity index (χ1v) is 7.12. The lowest BCUT2D eigenvalue weighted by molar-refractivity contribution is -0.128. The van der Waals surface area contributed by atoms with E-state index in [1.807, 2.05) is 20.8 Å². The Labute approximate surface area is 114 Å². The Balaban J connectivity index is 1.73. The van der Waals surface area contributed by atoms with Crippen LogP contribution in [-0.2, 0) is 9.59 Å². The van der Waals surface area contributed by atoms with Crippen LogP contribution in [0.25, 0.3) is 0 Å². The van der Waals surface area contributed by atoms with Gasteiger partial charge in [-0.05, 0) is 58.5 Å². The number of hydrogen-bond acceptors (Lipinski definition) is 3. The van der Waals surface area contributed by atoms with E-state index < -0.39 is 0 Å². The van der Waals surface area contributed by atoms with Crippen LogP contribution in [0.2, 0.25) is 0 Å². The zero-order valence-corrected chi connectivity index (χ0v) is 12.1. The van der Waals surface area contributed by atoms with Crippen LogP contribution in [0.15, 0.2) is 0 Å². The van der Waals surface area contributed by atoms with Crippen LogP contribution in [0.1, 0.15) is 40.0 Å². The van der Waals surface area contributed by atoms with Crippen molar-refractivity contribution >= 4 is 11.8 Å². The molecule has 0 bridgehead atoms. The molecule has 3 N–H and O–H groups in total. The lowest BCUT2D eigenvalue weighted by atomic mass is 9.92. The number of nitrogens with one attached hydrogen (secondary N) is 3. The molecule has 1 heterocycles. The van der Waals surface area contributed by atoms with Crippen LogP contribution >= 0.6 is 0 Å². The molecule has 0 aromatic carbocycles. The summed E-state index contributed by atoms with van der Waals surface area (Å²) in [5.74, 6) is 0.0452. The molecular formula is C14H25N3O2. The van der Waals surface area contributed by atoms with Crippen LogP contribution in [0.5, 0.6) is 0 Å². The molecule has 0 aromatic heterocycles. The molecule has 5 nitrogen and oxygen atoms in total.